The number of urea groups is 1. The molecule has 7 nitrogen and oxygen atoms in total. The highest BCUT2D eigenvalue weighted by Crippen LogP contribution is 2.28. The van der Waals surface area contributed by atoms with E-state index in [-0.39, 0.29) is 24.4 Å². The Morgan fingerprint density at radius 1 is 1.32 bits per heavy atom. The smallest absolute Gasteiger partial charge is 0.317 e. The van der Waals surface area contributed by atoms with Gasteiger partial charge in [0.15, 0.2) is 0 Å². The van der Waals surface area contributed by atoms with Crippen LogP contribution < -0.4 is 10.1 Å². The normalized spacial score (nSPS) is 20.1. The first-order valence-electron chi connectivity index (χ1n) is 8.67. The van der Waals surface area contributed by atoms with Gasteiger partial charge in [-0.25, -0.2) is 17.5 Å². The standard InChI is InChI=1S/C17H25N3O4S/c1-19(13-15-12-14-6-2-3-7-16(14)24-15)17(21)18-8-11-25(22,23)20-9-4-5-10-20/h2-3,6-7,15H,4-5,8-13H2,1H3,(H,18,21). The molecule has 1 unspecified atom stereocenters. The molecule has 1 atom stereocenters. The van der Waals surface area contributed by atoms with E-state index < -0.39 is 10.0 Å². The summed E-state index contributed by atoms with van der Waals surface area (Å²) in [6.07, 6.45) is 2.54. The van der Waals surface area contributed by atoms with Gasteiger partial charge in [0.1, 0.15) is 11.9 Å². The maximum absolute atomic E-state index is 12.2. The van der Waals surface area contributed by atoms with E-state index in [1.165, 1.54) is 4.31 Å². The summed E-state index contributed by atoms with van der Waals surface area (Å²) in [4.78, 5) is 13.7. The predicted octanol–water partition coefficient (Wildman–Crippen LogP) is 1.06. The van der Waals surface area contributed by atoms with Crippen LogP contribution in [0.2, 0.25) is 0 Å². The third-order valence-corrected chi connectivity index (χ3v) is 6.50. The van der Waals surface area contributed by atoms with E-state index in [9.17, 15) is 13.2 Å². The highest BCUT2D eigenvalue weighted by atomic mass is 32.2. The number of hydrogen-bond donors (Lipinski definition) is 1. The molecule has 1 fully saturated rings. The molecule has 0 saturated carbocycles. The van der Waals surface area contributed by atoms with Crippen molar-refractivity contribution in [3.8, 4) is 5.75 Å². The van der Waals surface area contributed by atoms with Crippen LogP contribution in [0, 0.1) is 0 Å². The Morgan fingerprint density at radius 3 is 2.76 bits per heavy atom. The Morgan fingerprint density at radius 2 is 2.04 bits per heavy atom. The van der Waals surface area contributed by atoms with Crippen LogP contribution >= 0.6 is 0 Å². The third kappa shape index (κ3) is 4.43. The molecule has 0 spiro atoms. The topological polar surface area (TPSA) is 79.0 Å². The van der Waals surface area contributed by atoms with E-state index in [4.69, 9.17) is 4.74 Å². The molecule has 0 radical (unpaired) electrons. The van der Waals surface area contributed by atoms with E-state index >= 15 is 0 Å². The maximum atomic E-state index is 12.2. The molecular weight excluding hydrogens is 342 g/mol. The van der Waals surface area contributed by atoms with E-state index in [2.05, 4.69) is 5.32 Å². The number of carbonyl (C=O) groups is 1. The molecule has 0 aromatic heterocycles. The summed E-state index contributed by atoms with van der Waals surface area (Å²) in [7, 11) is -1.57. The Kier molecular flexibility index (Phi) is 5.48. The largest absolute Gasteiger partial charge is 0.488 e. The van der Waals surface area contributed by atoms with Crippen LogP contribution in [-0.4, -0.2) is 68.7 Å². The molecule has 0 aliphatic carbocycles. The van der Waals surface area contributed by atoms with Gasteiger partial charge < -0.3 is 15.0 Å². The van der Waals surface area contributed by atoms with Crippen molar-refractivity contribution in [1.29, 1.82) is 0 Å². The van der Waals surface area contributed by atoms with Crippen molar-refractivity contribution in [2.75, 3.05) is 39.0 Å². The highest BCUT2D eigenvalue weighted by molar-refractivity contribution is 7.89. The predicted molar refractivity (Wildman–Crippen MR) is 95.2 cm³/mol. The minimum atomic E-state index is -3.26. The van der Waals surface area contributed by atoms with Crippen molar-refractivity contribution in [3.63, 3.8) is 0 Å². The molecule has 8 heteroatoms. The summed E-state index contributed by atoms with van der Waals surface area (Å²) in [6, 6.07) is 7.58. The van der Waals surface area contributed by atoms with Crippen LogP contribution in [0.15, 0.2) is 24.3 Å². The van der Waals surface area contributed by atoms with Gasteiger partial charge in [-0.15, -0.1) is 0 Å². The van der Waals surface area contributed by atoms with Gasteiger partial charge in [0.05, 0.1) is 12.3 Å². The zero-order valence-corrected chi connectivity index (χ0v) is 15.3. The van der Waals surface area contributed by atoms with Crippen LogP contribution in [0.3, 0.4) is 0 Å². The molecule has 2 amide bonds. The SMILES string of the molecule is CN(CC1Cc2ccccc2O1)C(=O)NCCS(=O)(=O)N1CCCC1. The van der Waals surface area contributed by atoms with Crippen molar-refractivity contribution < 1.29 is 17.9 Å². The van der Waals surface area contributed by atoms with Crippen molar-refractivity contribution in [2.45, 2.75) is 25.4 Å². The Balaban J connectivity index is 1.41. The number of nitrogens with one attached hydrogen (secondary N) is 1. The molecule has 0 bridgehead atoms. The molecule has 138 valence electrons. The zero-order valence-electron chi connectivity index (χ0n) is 14.5. The molecule has 1 aromatic rings. The van der Waals surface area contributed by atoms with Crippen LogP contribution in [0.4, 0.5) is 4.79 Å². The monoisotopic (exact) mass is 367 g/mol. The van der Waals surface area contributed by atoms with Crippen LogP contribution in [0.5, 0.6) is 5.75 Å². The molecule has 2 heterocycles. The maximum Gasteiger partial charge on any atom is 0.317 e. The number of ether oxygens (including phenoxy) is 1. The fraction of sp³-hybridized carbons (Fsp3) is 0.588. The number of likely N-dealkylation sites (N-methyl/N-ethyl adjacent to an activating group) is 1. The van der Waals surface area contributed by atoms with E-state index in [0.29, 0.717) is 19.6 Å². The Bertz CT molecular complexity index is 691. The number of nitrogens with zero attached hydrogens (tertiary/aromatic N) is 2. The lowest BCUT2D eigenvalue weighted by Gasteiger charge is -2.22. The Hall–Kier alpha value is -1.80. The van der Waals surface area contributed by atoms with E-state index in [0.717, 1.165) is 30.6 Å². The number of para-hydroxylation sites is 1. The second kappa shape index (κ2) is 7.61. The van der Waals surface area contributed by atoms with Crippen molar-refractivity contribution in [2.24, 2.45) is 0 Å². The number of fused-ring (bicyclic) bond motifs is 1. The van der Waals surface area contributed by atoms with E-state index in [1.807, 2.05) is 24.3 Å². The molecule has 3 rings (SSSR count). The summed E-state index contributed by atoms with van der Waals surface area (Å²) < 4.78 is 31.6. The molecular formula is C17H25N3O4S. The van der Waals surface area contributed by atoms with Crippen molar-refractivity contribution in [3.05, 3.63) is 29.8 Å². The minimum absolute atomic E-state index is 0.0576. The van der Waals surface area contributed by atoms with Crippen molar-refractivity contribution >= 4 is 16.1 Å². The van der Waals surface area contributed by atoms with Gasteiger partial charge in [-0.1, -0.05) is 18.2 Å². The first-order chi connectivity index (χ1) is 12.0. The zero-order chi connectivity index (χ0) is 17.9. The molecule has 2 aliphatic rings. The summed E-state index contributed by atoms with van der Waals surface area (Å²) in [6.45, 7) is 1.76. The lowest BCUT2D eigenvalue weighted by Crippen LogP contribution is -2.44. The fourth-order valence-electron chi connectivity index (χ4n) is 3.26. The van der Waals surface area contributed by atoms with Gasteiger partial charge in [-0.05, 0) is 24.5 Å². The fourth-order valence-corrected chi connectivity index (χ4v) is 4.69. The summed E-state index contributed by atoms with van der Waals surface area (Å²) in [5.74, 6) is 0.816. The molecule has 1 aromatic carbocycles. The van der Waals surface area contributed by atoms with Crippen LogP contribution in [-0.2, 0) is 16.4 Å². The number of rotatable bonds is 6. The summed E-state index contributed by atoms with van der Waals surface area (Å²) in [5.41, 5.74) is 1.15. The van der Waals surface area contributed by atoms with E-state index in [1.54, 1.807) is 11.9 Å². The average Bonchev–Trinajstić information content (AvgIpc) is 3.24. The molecule has 2 aliphatic heterocycles. The second-order valence-corrected chi connectivity index (χ2v) is 8.67. The molecule has 1 N–H and O–H groups in total. The van der Waals surface area contributed by atoms with Gasteiger partial charge in [-0.2, -0.15) is 0 Å². The number of hydrogen-bond acceptors (Lipinski definition) is 4. The van der Waals surface area contributed by atoms with Gasteiger partial charge in [0.2, 0.25) is 10.0 Å². The van der Waals surface area contributed by atoms with Gasteiger partial charge in [-0.3, -0.25) is 0 Å². The van der Waals surface area contributed by atoms with Crippen LogP contribution in [0.25, 0.3) is 0 Å². The Labute approximate surface area is 149 Å². The quantitative estimate of drug-likeness (QED) is 0.815. The second-order valence-electron chi connectivity index (χ2n) is 6.59. The van der Waals surface area contributed by atoms with Gasteiger partial charge in [0.25, 0.3) is 0 Å². The first-order valence-corrected chi connectivity index (χ1v) is 10.3. The lowest BCUT2D eigenvalue weighted by atomic mass is 10.1. The van der Waals surface area contributed by atoms with Crippen molar-refractivity contribution in [1.82, 2.24) is 14.5 Å². The van der Waals surface area contributed by atoms with Gasteiger partial charge >= 0.3 is 6.03 Å². The molecule has 25 heavy (non-hydrogen) atoms. The lowest BCUT2D eigenvalue weighted by molar-refractivity contribution is 0.164. The average molecular weight is 367 g/mol. The number of benzene rings is 1. The third-order valence-electron chi connectivity index (χ3n) is 4.63. The number of amides is 2. The highest BCUT2D eigenvalue weighted by Gasteiger charge is 2.27. The van der Waals surface area contributed by atoms with Gasteiger partial charge in [0, 0.05) is 33.1 Å². The van der Waals surface area contributed by atoms with Crippen LogP contribution in [0.1, 0.15) is 18.4 Å². The molecule has 1 saturated heterocycles. The number of sulfonamides is 1. The summed E-state index contributed by atoms with van der Waals surface area (Å²) in [5, 5.41) is 2.68. The minimum Gasteiger partial charge on any atom is -0.488 e. The number of carbonyl (C=O) groups excluding carboxylic acids is 1. The first kappa shape index (κ1) is 18.0. The summed E-state index contributed by atoms with van der Waals surface area (Å²) >= 11 is 0.